The van der Waals surface area contributed by atoms with Crippen LogP contribution < -0.4 is 5.32 Å². The van der Waals surface area contributed by atoms with Crippen LogP contribution in [0.4, 0.5) is 0 Å². The molecule has 0 atom stereocenters. The number of furan rings is 1. The summed E-state index contributed by atoms with van der Waals surface area (Å²) in [5.41, 5.74) is 1.22. The molecule has 1 N–H and O–H groups in total. The van der Waals surface area contributed by atoms with Crippen molar-refractivity contribution < 1.29 is 4.42 Å². The molecule has 0 saturated carbocycles. The van der Waals surface area contributed by atoms with Crippen molar-refractivity contribution in [3.63, 3.8) is 0 Å². The maximum Gasteiger partial charge on any atom is 0.147 e. The lowest BCUT2D eigenvalue weighted by molar-refractivity contribution is 0.452. The van der Waals surface area contributed by atoms with Crippen LogP contribution in [0.15, 0.2) is 10.5 Å². The SMILES string of the molecule is CCCNCc1cc(Cn2nc(C)nc2C)oc1C. The van der Waals surface area contributed by atoms with E-state index < -0.39 is 0 Å². The second-order valence-corrected chi connectivity index (χ2v) is 4.83. The van der Waals surface area contributed by atoms with Crippen LogP contribution in [0.25, 0.3) is 0 Å². The van der Waals surface area contributed by atoms with Crippen molar-refractivity contribution in [2.24, 2.45) is 0 Å². The zero-order chi connectivity index (χ0) is 13.8. The fourth-order valence-corrected chi connectivity index (χ4v) is 2.10. The summed E-state index contributed by atoms with van der Waals surface area (Å²) in [6, 6.07) is 2.11. The van der Waals surface area contributed by atoms with Crippen LogP contribution >= 0.6 is 0 Å². The monoisotopic (exact) mass is 262 g/mol. The maximum atomic E-state index is 5.78. The number of nitrogens with zero attached hydrogens (tertiary/aromatic N) is 3. The number of hydrogen-bond acceptors (Lipinski definition) is 4. The summed E-state index contributed by atoms with van der Waals surface area (Å²) in [7, 11) is 0. The molecule has 0 fully saturated rings. The van der Waals surface area contributed by atoms with Crippen molar-refractivity contribution in [3.8, 4) is 0 Å². The molecule has 0 saturated heterocycles. The van der Waals surface area contributed by atoms with Crippen LogP contribution in [0, 0.1) is 20.8 Å². The van der Waals surface area contributed by atoms with E-state index in [1.54, 1.807) is 0 Å². The molecule has 19 heavy (non-hydrogen) atoms. The Kier molecular flexibility index (Phi) is 4.37. The Morgan fingerprint density at radius 1 is 1.32 bits per heavy atom. The first kappa shape index (κ1) is 13.8. The standard InChI is InChI=1S/C14H22N4O/c1-5-6-15-8-13-7-14(19-10(13)2)9-18-12(4)16-11(3)17-18/h7,15H,5-6,8-9H2,1-4H3. The summed E-state index contributed by atoms with van der Waals surface area (Å²) in [6.45, 7) is 10.6. The minimum absolute atomic E-state index is 0.640. The second kappa shape index (κ2) is 6.02. The van der Waals surface area contributed by atoms with E-state index in [-0.39, 0.29) is 0 Å². The highest BCUT2D eigenvalue weighted by molar-refractivity contribution is 5.21. The number of rotatable bonds is 6. The van der Waals surface area contributed by atoms with Crippen molar-refractivity contribution in [1.82, 2.24) is 20.1 Å². The zero-order valence-corrected chi connectivity index (χ0v) is 12.2. The Morgan fingerprint density at radius 2 is 2.11 bits per heavy atom. The van der Waals surface area contributed by atoms with Crippen LogP contribution in [0.2, 0.25) is 0 Å². The first-order chi connectivity index (χ1) is 9.10. The van der Waals surface area contributed by atoms with Gasteiger partial charge in [0.15, 0.2) is 0 Å². The Balaban J connectivity index is 2.05. The molecule has 0 aliphatic rings. The van der Waals surface area contributed by atoms with Gasteiger partial charge in [-0.15, -0.1) is 0 Å². The lowest BCUT2D eigenvalue weighted by Crippen LogP contribution is -2.13. The molecule has 0 aromatic carbocycles. The molecular formula is C14H22N4O. The third-order valence-corrected chi connectivity index (χ3v) is 3.08. The third kappa shape index (κ3) is 3.44. The van der Waals surface area contributed by atoms with Crippen molar-refractivity contribution >= 4 is 0 Å². The zero-order valence-electron chi connectivity index (χ0n) is 12.2. The predicted molar refractivity (Wildman–Crippen MR) is 74.0 cm³/mol. The topological polar surface area (TPSA) is 55.9 Å². The molecule has 5 nitrogen and oxygen atoms in total. The van der Waals surface area contributed by atoms with E-state index in [1.807, 2.05) is 25.5 Å². The van der Waals surface area contributed by atoms with Gasteiger partial charge in [-0.1, -0.05) is 6.92 Å². The number of nitrogens with one attached hydrogen (secondary N) is 1. The molecule has 0 bridgehead atoms. The smallest absolute Gasteiger partial charge is 0.147 e. The molecule has 5 heteroatoms. The molecule has 0 unspecified atom stereocenters. The second-order valence-electron chi connectivity index (χ2n) is 4.83. The lowest BCUT2D eigenvalue weighted by atomic mass is 10.2. The molecule has 2 aromatic rings. The van der Waals surface area contributed by atoms with Crippen molar-refractivity contribution in [2.75, 3.05) is 6.54 Å². The summed E-state index contributed by atoms with van der Waals surface area (Å²) >= 11 is 0. The highest BCUT2D eigenvalue weighted by atomic mass is 16.3. The average Bonchev–Trinajstić information content (AvgIpc) is 2.84. The van der Waals surface area contributed by atoms with E-state index >= 15 is 0 Å². The van der Waals surface area contributed by atoms with Crippen molar-refractivity contribution in [1.29, 1.82) is 0 Å². The van der Waals surface area contributed by atoms with E-state index in [0.29, 0.717) is 6.54 Å². The summed E-state index contributed by atoms with van der Waals surface area (Å²) in [4.78, 5) is 4.29. The molecule has 0 aliphatic carbocycles. The van der Waals surface area contributed by atoms with E-state index in [4.69, 9.17) is 4.42 Å². The average molecular weight is 262 g/mol. The lowest BCUT2D eigenvalue weighted by Gasteiger charge is -2.00. The molecule has 104 valence electrons. The minimum atomic E-state index is 0.640. The first-order valence-electron chi connectivity index (χ1n) is 6.77. The van der Waals surface area contributed by atoms with Gasteiger partial charge in [0.1, 0.15) is 29.7 Å². The molecule has 0 amide bonds. The summed E-state index contributed by atoms with van der Waals surface area (Å²) in [6.07, 6.45) is 1.14. The number of hydrogen-bond donors (Lipinski definition) is 1. The molecule has 2 rings (SSSR count). The van der Waals surface area contributed by atoms with Gasteiger partial charge in [-0.25, -0.2) is 9.67 Å². The van der Waals surface area contributed by atoms with Crippen LogP contribution in [0.5, 0.6) is 0 Å². The fourth-order valence-electron chi connectivity index (χ4n) is 2.10. The summed E-state index contributed by atoms with van der Waals surface area (Å²) in [5.74, 6) is 3.62. The Morgan fingerprint density at radius 3 is 2.74 bits per heavy atom. The van der Waals surface area contributed by atoms with E-state index in [9.17, 15) is 0 Å². The molecule has 0 radical (unpaired) electrons. The molecule has 0 spiro atoms. The molecule has 2 aromatic heterocycles. The van der Waals surface area contributed by atoms with Gasteiger partial charge in [-0.2, -0.15) is 5.10 Å². The van der Waals surface area contributed by atoms with Crippen LogP contribution in [-0.4, -0.2) is 21.3 Å². The van der Waals surface area contributed by atoms with Crippen LogP contribution in [-0.2, 0) is 13.1 Å². The summed E-state index contributed by atoms with van der Waals surface area (Å²) in [5, 5.41) is 7.74. The first-order valence-corrected chi connectivity index (χ1v) is 6.77. The Bertz CT molecular complexity index is 542. The van der Waals surface area contributed by atoms with Gasteiger partial charge in [-0.05, 0) is 39.8 Å². The number of aromatic nitrogens is 3. The number of aryl methyl sites for hydroxylation is 3. The van der Waals surface area contributed by atoms with Gasteiger partial charge in [0, 0.05) is 12.1 Å². The van der Waals surface area contributed by atoms with Crippen molar-refractivity contribution in [2.45, 2.75) is 47.2 Å². The van der Waals surface area contributed by atoms with Gasteiger partial charge >= 0.3 is 0 Å². The predicted octanol–water partition coefficient (Wildman–Crippen LogP) is 2.34. The van der Waals surface area contributed by atoms with Gasteiger partial charge in [-0.3, -0.25) is 0 Å². The summed E-state index contributed by atoms with van der Waals surface area (Å²) < 4.78 is 7.66. The van der Waals surface area contributed by atoms with E-state index in [2.05, 4.69) is 28.4 Å². The van der Waals surface area contributed by atoms with E-state index in [1.165, 1.54) is 5.56 Å². The van der Waals surface area contributed by atoms with E-state index in [0.717, 1.165) is 42.7 Å². The molecule has 0 aliphatic heterocycles. The fraction of sp³-hybridized carbons (Fsp3) is 0.571. The quantitative estimate of drug-likeness (QED) is 0.812. The normalized spacial score (nSPS) is 11.2. The largest absolute Gasteiger partial charge is 0.464 e. The van der Waals surface area contributed by atoms with Crippen molar-refractivity contribution in [3.05, 3.63) is 34.8 Å². The highest BCUT2D eigenvalue weighted by Gasteiger charge is 2.10. The Hall–Kier alpha value is -1.62. The van der Waals surface area contributed by atoms with Gasteiger partial charge in [0.05, 0.1) is 0 Å². The molecule has 2 heterocycles. The third-order valence-electron chi connectivity index (χ3n) is 3.08. The highest BCUT2D eigenvalue weighted by Crippen LogP contribution is 2.16. The minimum Gasteiger partial charge on any atom is -0.464 e. The van der Waals surface area contributed by atoms with Crippen LogP contribution in [0.1, 0.15) is 42.1 Å². The van der Waals surface area contributed by atoms with Crippen LogP contribution in [0.3, 0.4) is 0 Å². The molecular weight excluding hydrogens is 240 g/mol. The van der Waals surface area contributed by atoms with Gasteiger partial charge in [0.2, 0.25) is 0 Å². The maximum absolute atomic E-state index is 5.78. The Labute approximate surface area is 114 Å². The van der Waals surface area contributed by atoms with Gasteiger partial charge in [0.25, 0.3) is 0 Å². The van der Waals surface area contributed by atoms with Gasteiger partial charge < -0.3 is 9.73 Å².